The standard InChI is InChI=1S/C32H42O13/c1-28(2)17-10-18(34)31(5)16(6-8-29(3)24(14-7-9-40-13-14)43-26(39)25-32(29,31)45-25)30(17,4)19(11-20(35)44-28)42-27-23(38)22(37)21(36)15(12-33)41-27/h7,9,13,15-17,19,21-25,27,33,36-38H,6,8,10-12H2,1-5H3/t15-,16-,17+,19-,21-,22+,23-,24+,25-,27+,29+,30-,31+,32-/m1/s1. The van der Waals surface area contributed by atoms with Crippen LogP contribution in [0.5, 0.6) is 0 Å². The summed E-state index contributed by atoms with van der Waals surface area (Å²) in [5.74, 6) is -2.26. The van der Waals surface area contributed by atoms with Crippen LogP contribution < -0.4 is 0 Å². The van der Waals surface area contributed by atoms with E-state index in [-0.39, 0.29) is 18.6 Å². The Morgan fingerprint density at radius 2 is 1.69 bits per heavy atom. The maximum Gasteiger partial charge on any atom is 0.339 e. The predicted molar refractivity (Wildman–Crippen MR) is 149 cm³/mol. The zero-order chi connectivity index (χ0) is 32.5. The first kappa shape index (κ1) is 31.2. The van der Waals surface area contributed by atoms with E-state index in [1.54, 1.807) is 19.9 Å². The Labute approximate surface area is 260 Å². The Morgan fingerprint density at radius 3 is 2.36 bits per heavy atom. The number of rotatable bonds is 4. The van der Waals surface area contributed by atoms with Crippen LogP contribution >= 0.6 is 0 Å². The summed E-state index contributed by atoms with van der Waals surface area (Å²) < 4.78 is 35.8. The number of carbonyl (C=O) groups is 3. The number of esters is 2. The average molecular weight is 635 g/mol. The van der Waals surface area contributed by atoms with E-state index >= 15 is 0 Å². The first-order valence-corrected chi connectivity index (χ1v) is 15.7. The van der Waals surface area contributed by atoms with Crippen molar-refractivity contribution in [3.63, 3.8) is 0 Å². The predicted octanol–water partition coefficient (Wildman–Crippen LogP) is 0.944. The van der Waals surface area contributed by atoms with Gasteiger partial charge in [0.1, 0.15) is 47.5 Å². The van der Waals surface area contributed by atoms with Gasteiger partial charge < -0.3 is 48.5 Å². The molecule has 4 N–H and O–H groups in total. The number of aliphatic hydroxyl groups is 4. The highest BCUT2D eigenvalue weighted by Crippen LogP contribution is 2.78. The molecule has 2 saturated carbocycles. The number of ketones is 1. The fraction of sp³-hybridized carbons (Fsp3) is 0.781. The van der Waals surface area contributed by atoms with Crippen LogP contribution in [0.1, 0.15) is 72.0 Å². The normalized spacial score (nSPS) is 51.9. The third-order valence-electron chi connectivity index (χ3n) is 12.6. The van der Waals surface area contributed by atoms with Gasteiger partial charge in [-0.2, -0.15) is 0 Å². The molecule has 0 bridgehead atoms. The molecule has 5 heterocycles. The molecule has 13 heteroatoms. The van der Waals surface area contributed by atoms with Crippen molar-refractivity contribution in [2.24, 2.45) is 28.1 Å². The van der Waals surface area contributed by atoms with Crippen molar-refractivity contribution in [1.29, 1.82) is 0 Å². The summed E-state index contributed by atoms with van der Waals surface area (Å²) in [5.41, 5.74) is -4.64. The minimum Gasteiger partial charge on any atom is -0.472 e. The van der Waals surface area contributed by atoms with Crippen LogP contribution in [0, 0.1) is 28.1 Å². The molecule has 0 radical (unpaired) electrons. The van der Waals surface area contributed by atoms with Gasteiger partial charge in [-0.1, -0.05) is 13.8 Å². The van der Waals surface area contributed by atoms with Crippen molar-refractivity contribution in [2.45, 2.75) is 121 Å². The van der Waals surface area contributed by atoms with Crippen molar-refractivity contribution in [1.82, 2.24) is 0 Å². The lowest BCUT2D eigenvalue weighted by atomic mass is 9.37. The molecule has 6 fully saturated rings. The molecule has 0 aromatic carbocycles. The Bertz CT molecular complexity index is 1390. The highest BCUT2D eigenvalue weighted by atomic mass is 16.7. The molecule has 248 valence electrons. The second-order valence-electron chi connectivity index (χ2n) is 15.0. The molecule has 4 saturated heterocycles. The molecule has 1 aromatic rings. The second-order valence-corrected chi connectivity index (χ2v) is 15.0. The third-order valence-corrected chi connectivity index (χ3v) is 12.6. The Morgan fingerprint density at radius 1 is 0.956 bits per heavy atom. The largest absolute Gasteiger partial charge is 0.472 e. The number of fused-ring (bicyclic) bond motifs is 3. The molecular weight excluding hydrogens is 592 g/mol. The molecule has 13 nitrogen and oxygen atoms in total. The smallest absolute Gasteiger partial charge is 0.339 e. The summed E-state index contributed by atoms with van der Waals surface area (Å²) in [6.07, 6.45) is -6.56. The Hall–Kier alpha value is -2.39. The molecule has 1 aromatic heterocycles. The van der Waals surface area contributed by atoms with Gasteiger partial charge in [-0.05, 0) is 45.6 Å². The van der Waals surface area contributed by atoms with Gasteiger partial charge in [0, 0.05) is 28.7 Å². The first-order chi connectivity index (χ1) is 21.1. The molecule has 14 atom stereocenters. The Balaban J connectivity index is 1.34. The lowest BCUT2D eigenvalue weighted by molar-refractivity contribution is -0.329. The maximum absolute atomic E-state index is 14.7. The number of Topliss-reactive ketones (excluding diaryl/α,β-unsaturated/α-hetero) is 1. The van der Waals surface area contributed by atoms with Crippen LogP contribution in [0.2, 0.25) is 0 Å². The van der Waals surface area contributed by atoms with Crippen molar-refractivity contribution >= 4 is 17.7 Å². The van der Waals surface area contributed by atoms with Gasteiger partial charge in [-0.15, -0.1) is 0 Å². The first-order valence-electron chi connectivity index (χ1n) is 15.7. The van der Waals surface area contributed by atoms with Gasteiger partial charge in [0.15, 0.2) is 12.4 Å². The van der Waals surface area contributed by atoms with Gasteiger partial charge in [0.05, 0.1) is 37.1 Å². The van der Waals surface area contributed by atoms with Gasteiger partial charge in [-0.25, -0.2) is 4.79 Å². The van der Waals surface area contributed by atoms with E-state index in [0.717, 1.165) is 0 Å². The number of aliphatic hydroxyl groups excluding tert-OH is 4. The average Bonchev–Trinajstić information content (AvgIpc) is 3.57. The highest BCUT2D eigenvalue weighted by Gasteiger charge is 2.88. The zero-order valence-electron chi connectivity index (χ0n) is 26.0. The van der Waals surface area contributed by atoms with Gasteiger partial charge in [0.2, 0.25) is 0 Å². The quantitative estimate of drug-likeness (QED) is 0.270. The van der Waals surface area contributed by atoms with E-state index in [2.05, 4.69) is 0 Å². The summed E-state index contributed by atoms with van der Waals surface area (Å²) in [7, 11) is 0. The molecule has 0 amide bonds. The number of cyclic esters (lactones) is 2. The molecule has 1 spiro atoms. The van der Waals surface area contributed by atoms with E-state index in [1.807, 2.05) is 20.8 Å². The number of carbonyl (C=O) groups excluding carboxylic acids is 3. The van der Waals surface area contributed by atoms with Crippen LogP contribution in [-0.4, -0.2) is 98.9 Å². The van der Waals surface area contributed by atoms with Crippen molar-refractivity contribution in [3.05, 3.63) is 24.2 Å². The number of hydrogen-bond acceptors (Lipinski definition) is 13. The number of hydrogen-bond donors (Lipinski definition) is 4. The fourth-order valence-corrected chi connectivity index (χ4v) is 10.4. The number of furan rings is 1. The van der Waals surface area contributed by atoms with Crippen LogP contribution in [0.3, 0.4) is 0 Å². The molecule has 6 aliphatic rings. The van der Waals surface area contributed by atoms with Gasteiger partial charge in [0.25, 0.3) is 0 Å². The molecule has 4 aliphatic heterocycles. The number of ether oxygens (including phenoxy) is 5. The van der Waals surface area contributed by atoms with Crippen LogP contribution in [0.4, 0.5) is 0 Å². The van der Waals surface area contributed by atoms with Crippen molar-refractivity contribution < 1.29 is 62.9 Å². The summed E-state index contributed by atoms with van der Waals surface area (Å²) >= 11 is 0. The third kappa shape index (κ3) is 3.83. The zero-order valence-corrected chi connectivity index (χ0v) is 26.0. The van der Waals surface area contributed by atoms with Crippen LogP contribution in [0.15, 0.2) is 23.0 Å². The monoisotopic (exact) mass is 634 g/mol. The lowest BCUT2D eigenvalue weighted by Gasteiger charge is -2.66. The molecular formula is C32H42O13. The van der Waals surface area contributed by atoms with E-state index in [4.69, 9.17) is 28.1 Å². The minimum absolute atomic E-state index is 0.00233. The molecule has 45 heavy (non-hydrogen) atoms. The number of epoxide rings is 1. The van der Waals surface area contributed by atoms with Crippen molar-refractivity contribution in [2.75, 3.05) is 6.61 Å². The summed E-state index contributed by atoms with van der Waals surface area (Å²) in [4.78, 5) is 41.4. The molecule has 2 aliphatic carbocycles. The van der Waals surface area contributed by atoms with Gasteiger partial charge in [-0.3, -0.25) is 9.59 Å². The second kappa shape index (κ2) is 9.82. The molecule has 7 rings (SSSR count). The van der Waals surface area contributed by atoms with Crippen LogP contribution in [-0.2, 0) is 38.1 Å². The van der Waals surface area contributed by atoms with E-state index in [0.29, 0.717) is 18.4 Å². The van der Waals surface area contributed by atoms with Crippen molar-refractivity contribution in [3.8, 4) is 0 Å². The topological polar surface area (TPSA) is 195 Å². The SMILES string of the molecule is CC1(C)OC(=O)C[C@@H](O[C@@H]2O[C@H](CO)[C@@H](O)[C@H](O)[C@H]2O)[C@]2(C)[C@H]3CC[C@@]4(C)[C@H](c5ccoc5)OC(=O)[C@H]5O[C@]54[C@]3(C)C(=O)C[C@@H]12. The summed E-state index contributed by atoms with van der Waals surface area (Å²) in [6.45, 7) is 8.70. The summed E-state index contributed by atoms with van der Waals surface area (Å²) in [6, 6.07) is 1.75. The fourth-order valence-electron chi connectivity index (χ4n) is 10.4. The Kier molecular flexibility index (Phi) is 6.81. The van der Waals surface area contributed by atoms with E-state index < -0.39 is 107 Å². The summed E-state index contributed by atoms with van der Waals surface area (Å²) in [5, 5.41) is 41.5. The van der Waals surface area contributed by atoms with E-state index in [9.17, 15) is 34.8 Å². The van der Waals surface area contributed by atoms with Gasteiger partial charge >= 0.3 is 11.9 Å². The highest BCUT2D eigenvalue weighted by molar-refractivity contribution is 5.93. The maximum atomic E-state index is 14.7. The minimum atomic E-state index is -1.69. The van der Waals surface area contributed by atoms with Crippen LogP contribution in [0.25, 0.3) is 0 Å². The lowest BCUT2D eigenvalue weighted by Crippen LogP contribution is -2.73. The van der Waals surface area contributed by atoms with E-state index in [1.165, 1.54) is 12.5 Å². The molecule has 0 unspecified atom stereocenters.